The number of halogens is 1. The number of rotatable bonds is 3. The summed E-state index contributed by atoms with van der Waals surface area (Å²) >= 11 is 6.27. The number of nitrogens with zero attached hydrogens (tertiary/aromatic N) is 3. The molecule has 4 heteroatoms. The molecule has 1 unspecified atom stereocenters. The number of para-hydroxylation sites is 1. The molecule has 0 aliphatic rings. The maximum absolute atomic E-state index is 9.20. The third kappa shape index (κ3) is 2.21. The molecule has 0 aliphatic heterocycles. The first-order chi connectivity index (χ1) is 8.92. The molecule has 0 saturated heterocycles. The minimum absolute atomic E-state index is 0.0820. The quantitative estimate of drug-likeness (QED) is 0.781. The third-order valence-electron chi connectivity index (χ3n) is 3.66. The van der Waals surface area contributed by atoms with Gasteiger partial charge < -0.3 is 4.57 Å². The van der Waals surface area contributed by atoms with Crippen molar-refractivity contribution in [1.29, 1.82) is 5.26 Å². The highest BCUT2D eigenvalue weighted by atomic mass is 35.5. The van der Waals surface area contributed by atoms with E-state index in [1.165, 1.54) is 0 Å². The van der Waals surface area contributed by atoms with Crippen molar-refractivity contribution >= 4 is 22.6 Å². The van der Waals surface area contributed by atoms with Gasteiger partial charge in [0.2, 0.25) is 0 Å². The molecule has 0 saturated carbocycles. The first-order valence-corrected chi connectivity index (χ1v) is 6.92. The largest absolute Gasteiger partial charge is 0.321 e. The van der Waals surface area contributed by atoms with Gasteiger partial charge in [0.15, 0.2) is 0 Å². The Kier molecular flexibility index (Phi) is 3.56. The molecule has 1 aromatic carbocycles. The van der Waals surface area contributed by atoms with Gasteiger partial charge in [-0.2, -0.15) is 5.26 Å². The van der Waals surface area contributed by atoms with Crippen LogP contribution in [0.4, 0.5) is 0 Å². The Balaban J connectivity index is 2.87. The number of imidazole rings is 1. The van der Waals surface area contributed by atoms with Crippen molar-refractivity contribution in [2.24, 2.45) is 0 Å². The van der Waals surface area contributed by atoms with Gasteiger partial charge in [0.05, 0.1) is 16.5 Å². The smallest absolute Gasteiger partial charge is 0.128 e. The van der Waals surface area contributed by atoms with Crippen LogP contribution in [0.1, 0.15) is 50.9 Å². The number of fused-ring (bicyclic) bond motifs is 1. The zero-order chi connectivity index (χ0) is 14.2. The monoisotopic (exact) mass is 275 g/mol. The van der Waals surface area contributed by atoms with Crippen LogP contribution in [0.25, 0.3) is 11.0 Å². The molecule has 0 radical (unpaired) electrons. The molecule has 0 aliphatic carbocycles. The van der Waals surface area contributed by atoms with Crippen LogP contribution in [0.3, 0.4) is 0 Å². The number of hydrogen-bond donors (Lipinski definition) is 0. The highest BCUT2D eigenvalue weighted by molar-refractivity contribution is 6.20. The molecule has 0 bridgehead atoms. The van der Waals surface area contributed by atoms with Gasteiger partial charge in [0.25, 0.3) is 0 Å². The minimum atomic E-state index is -0.190. The molecule has 0 fully saturated rings. The van der Waals surface area contributed by atoms with E-state index in [-0.39, 0.29) is 10.9 Å². The van der Waals surface area contributed by atoms with E-state index in [1.54, 1.807) is 6.07 Å². The summed E-state index contributed by atoms with van der Waals surface area (Å²) in [6, 6.07) is 7.89. The van der Waals surface area contributed by atoms with E-state index >= 15 is 0 Å². The second-order valence-electron chi connectivity index (χ2n) is 5.37. The lowest BCUT2D eigenvalue weighted by atomic mass is 10.0. The van der Waals surface area contributed by atoms with E-state index in [1.807, 2.05) is 19.1 Å². The first kappa shape index (κ1) is 13.9. The number of nitriles is 1. The maximum atomic E-state index is 9.20. The predicted molar refractivity (Wildman–Crippen MR) is 78.3 cm³/mol. The van der Waals surface area contributed by atoms with E-state index in [4.69, 9.17) is 11.6 Å². The van der Waals surface area contributed by atoms with Gasteiger partial charge in [-0.1, -0.05) is 13.0 Å². The summed E-state index contributed by atoms with van der Waals surface area (Å²) in [5, 5.41) is 9.01. The number of hydrogen-bond acceptors (Lipinski definition) is 2. The highest BCUT2D eigenvalue weighted by Gasteiger charge is 2.26. The Morgan fingerprint density at radius 1 is 1.47 bits per heavy atom. The number of alkyl halides is 1. The van der Waals surface area contributed by atoms with Crippen molar-refractivity contribution in [1.82, 2.24) is 9.55 Å². The summed E-state index contributed by atoms with van der Waals surface area (Å²) < 4.78 is 2.17. The second kappa shape index (κ2) is 4.86. The van der Waals surface area contributed by atoms with Gasteiger partial charge in [-0.3, -0.25) is 0 Å². The molecule has 1 heterocycles. The molecular weight excluding hydrogens is 258 g/mol. The van der Waals surface area contributed by atoms with Crippen LogP contribution < -0.4 is 0 Å². The normalized spacial score (nSPS) is 13.5. The molecule has 2 rings (SSSR count). The van der Waals surface area contributed by atoms with E-state index in [0.29, 0.717) is 5.56 Å². The number of benzene rings is 1. The standard InChI is InChI=1S/C15H18ClN3/c1-5-15(3,4)19-12-8-6-7-11(9-17)13(12)18-14(19)10(2)16/h6-8,10H,5H2,1-4H3. The van der Waals surface area contributed by atoms with Gasteiger partial charge in [0, 0.05) is 5.54 Å². The summed E-state index contributed by atoms with van der Waals surface area (Å²) in [5.74, 6) is 0.825. The zero-order valence-electron chi connectivity index (χ0n) is 11.7. The zero-order valence-corrected chi connectivity index (χ0v) is 12.5. The van der Waals surface area contributed by atoms with Gasteiger partial charge in [0.1, 0.15) is 17.4 Å². The Hall–Kier alpha value is -1.53. The lowest BCUT2D eigenvalue weighted by Crippen LogP contribution is -2.27. The van der Waals surface area contributed by atoms with Crippen LogP contribution >= 0.6 is 11.6 Å². The minimum Gasteiger partial charge on any atom is -0.321 e. The Labute approximate surface area is 118 Å². The van der Waals surface area contributed by atoms with Crippen LogP contribution in [0.2, 0.25) is 0 Å². The fourth-order valence-corrected chi connectivity index (χ4v) is 2.41. The maximum Gasteiger partial charge on any atom is 0.128 e. The van der Waals surface area contributed by atoms with Gasteiger partial charge in [-0.05, 0) is 39.3 Å². The first-order valence-electron chi connectivity index (χ1n) is 6.48. The van der Waals surface area contributed by atoms with Gasteiger partial charge >= 0.3 is 0 Å². The molecule has 0 amide bonds. The second-order valence-corrected chi connectivity index (χ2v) is 6.03. The Morgan fingerprint density at radius 2 is 2.16 bits per heavy atom. The summed E-state index contributed by atoms with van der Waals surface area (Å²) in [5.41, 5.74) is 2.24. The van der Waals surface area contributed by atoms with E-state index in [9.17, 15) is 5.26 Å². The Morgan fingerprint density at radius 3 is 2.68 bits per heavy atom. The lowest BCUT2D eigenvalue weighted by molar-refractivity contribution is 0.341. The lowest BCUT2D eigenvalue weighted by Gasteiger charge is -2.28. The van der Waals surface area contributed by atoms with Crippen molar-refractivity contribution in [2.45, 2.75) is 45.0 Å². The van der Waals surface area contributed by atoms with Crippen LogP contribution in [-0.4, -0.2) is 9.55 Å². The average Bonchev–Trinajstić information content (AvgIpc) is 2.78. The summed E-state index contributed by atoms with van der Waals surface area (Å²) in [4.78, 5) is 4.61. The SMILES string of the molecule is CCC(C)(C)n1c(C(C)Cl)nc2c(C#N)cccc21. The summed E-state index contributed by atoms with van der Waals surface area (Å²) in [6.45, 7) is 8.38. The fourth-order valence-electron chi connectivity index (χ4n) is 2.27. The topological polar surface area (TPSA) is 41.6 Å². The molecule has 0 N–H and O–H groups in total. The van der Waals surface area contributed by atoms with Crippen LogP contribution in [0.5, 0.6) is 0 Å². The molecule has 1 aromatic heterocycles. The van der Waals surface area contributed by atoms with Crippen LogP contribution in [0.15, 0.2) is 18.2 Å². The summed E-state index contributed by atoms with van der Waals surface area (Å²) in [7, 11) is 0. The molecule has 3 nitrogen and oxygen atoms in total. The molecule has 1 atom stereocenters. The Bertz CT molecular complexity index is 647. The molecule has 0 spiro atoms. The molecule has 100 valence electrons. The van der Waals surface area contributed by atoms with Crippen molar-refractivity contribution < 1.29 is 0 Å². The molecule has 19 heavy (non-hydrogen) atoms. The van der Waals surface area contributed by atoms with Crippen LogP contribution in [0, 0.1) is 11.3 Å². The average molecular weight is 276 g/mol. The van der Waals surface area contributed by atoms with E-state index < -0.39 is 0 Å². The van der Waals surface area contributed by atoms with Crippen molar-refractivity contribution in [3.05, 3.63) is 29.6 Å². The third-order valence-corrected chi connectivity index (χ3v) is 3.85. The summed E-state index contributed by atoms with van der Waals surface area (Å²) in [6.07, 6.45) is 0.964. The van der Waals surface area contributed by atoms with Gasteiger partial charge in [-0.25, -0.2) is 4.98 Å². The molecule has 2 aromatic rings. The molecular formula is C15H18ClN3. The predicted octanol–water partition coefficient (Wildman–Crippen LogP) is 4.35. The fraction of sp³-hybridized carbons (Fsp3) is 0.467. The van der Waals surface area contributed by atoms with Crippen molar-refractivity contribution in [2.75, 3.05) is 0 Å². The van der Waals surface area contributed by atoms with E-state index in [2.05, 4.69) is 36.4 Å². The number of aromatic nitrogens is 2. The van der Waals surface area contributed by atoms with E-state index in [0.717, 1.165) is 23.3 Å². The van der Waals surface area contributed by atoms with Gasteiger partial charge in [-0.15, -0.1) is 11.6 Å². The van der Waals surface area contributed by atoms with Crippen LogP contribution in [-0.2, 0) is 5.54 Å². The highest BCUT2D eigenvalue weighted by Crippen LogP contribution is 2.33. The van der Waals surface area contributed by atoms with Crippen molar-refractivity contribution in [3.8, 4) is 6.07 Å². The van der Waals surface area contributed by atoms with Crippen molar-refractivity contribution in [3.63, 3.8) is 0 Å².